The van der Waals surface area contributed by atoms with Gasteiger partial charge in [-0.2, -0.15) is 10.1 Å². The van der Waals surface area contributed by atoms with Gasteiger partial charge in [0.05, 0.1) is 13.0 Å². The Morgan fingerprint density at radius 3 is 2.91 bits per heavy atom. The molecule has 1 amide bonds. The molecule has 8 nitrogen and oxygen atoms in total. The minimum atomic E-state index is -0.360. The number of amides is 1. The van der Waals surface area contributed by atoms with Crippen molar-refractivity contribution in [1.29, 1.82) is 0 Å². The number of carbonyl (C=O) groups is 1. The fourth-order valence-electron chi connectivity index (χ4n) is 4.22. The number of carbonyl (C=O) groups excluding carboxylic acids is 1. The molecule has 1 fully saturated rings. The summed E-state index contributed by atoms with van der Waals surface area (Å²) in [5.41, 5.74) is 2.75. The second-order valence-corrected chi connectivity index (χ2v) is 8.38. The van der Waals surface area contributed by atoms with Crippen molar-refractivity contribution in [2.45, 2.75) is 25.7 Å². The lowest BCUT2D eigenvalue weighted by molar-refractivity contribution is 0.0689. The molecular formula is C25H24FN5O3. The van der Waals surface area contributed by atoms with E-state index in [-0.39, 0.29) is 17.6 Å². The van der Waals surface area contributed by atoms with E-state index in [1.807, 2.05) is 25.1 Å². The number of hydrogen-bond donors (Lipinski definition) is 0. The lowest BCUT2D eigenvalue weighted by Crippen LogP contribution is -2.39. The summed E-state index contributed by atoms with van der Waals surface area (Å²) in [6.07, 6.45) is 3.39. The number of aryl methyl sites for hydroxylation is 1. The monoisotopic (exact) mass is 461 g/mol. The summed E-state index contributed by atoms with van der Waals surface area (Å²) >= 11 is 0. The first-order valence-electron chi connectivity index (χ1n) is 11.1. The molecule has 174 valence electrons. The van der Waals surface area contributed by atoms with Crippen molar-refractivity contribution in [3.05, 3.63) is 77.7 Å². The number of hydrogen-bond acceptors (Lipinski definition) is 6. The van der Waals surface area contributed by atoms with E-state index in [0.717, 1.165) is 24.1 Å². The second kappa shape index (κ2) is 9.09. The molecule has 0 bridgehead atoms. The maximum Gasteiger partial charge on any atom is 0.274 e. The zero-order valence-electron chi connectivity index (χ0n) is 18.9. The molecule has 1 saturated heterocycles. The molecule has 0 aliphatic carbocycles. The number of rotatable bonds is 5. The smallest absolute Gasteiger partial charge is 0.274 e. The number of nitrogens with zero attached hydrogens (tertiary/aromatic N) is 5. The molecular weight excluding hydrogens is 437 g/mol. The Morgan fingerprint density at radius 1 is 1.21 bits per heavy atom. The highest BCUT2D eigenvalue weighted by atomic mass is 19.1. The van der Waals surface area contributed by atoms with Crippen LogP contribution in [-0.2, 0) is 0 Å². The fraction of sp³-hybridized carbons (Fsp3) is 0.280. The molecule has 5 rings (SSSR count). The molecule has 2 aromatic heterocycles. The van der Waals surface area contributed by atoms with E-state index < -0.39 is 0 Å². The minimum absolute atomic E-state index is 0.0912. The Bertz CT molecular complexity index is 1330. The van der Waals surface area contributed by atoms with Crippen LogP contribution in [0.3, 0.4) is 0 Å². The van der Waals surface area contributed by atoms with E-state index in [0.29, 0.717) is 41.8 Å². The van der Waals surface area contributed by atoms with Crippen LogP contribution in [0.5, 0.6) is 5.75 Å². The van der Waals surface area contributed by atoms with E-state index in [1.165, 1.54) is 12.1 Å². The molecule has 9 heteroatoms. The number of piperidine rings is 1. The third-order valence-electron chi connectivity index (χ3n) is 5.97. The van der Waals surface area contributed by atoms with Gasteiger partial charge in [-0.25, -0.2) is 9.07 Å². The lowest BCUT2D eigenvalue weighted by atomic mass is 9.97. The summed E-state index contributed by atoms with van der Waals surface area (Å²) < 4.78 is 26.1. The van der Waals surface area contributed by atoms with Gasteiger partial charge < -0.3 is 14.2 Å². The summed E-state index contributed by atoms with van der Waals surface area (Å²) in [5.74, 6) is 0.860. The summed E-state index contributed by atoms with van der Waals surface area (Å²) in [6.45, 7) is 3.06. The van der Waals surface area contributed by atoms with Crippen molar-refractivity contribution in [3.63, 3.8) is 0 Å². The number of halogens is 1. The van der Waals surface area contributed by atoms with Gasteiger partial charge in [0.1, 0.15) is 17.3 Å². The van der Waals surface area contributed by atoms with Crippen LogP contribution >= 0.6 is 0 Å². The first-order valence-corrected chi connectivity index (χ1v) is 11.1. The first-order chi connectivity index (χ1) is 16.5. The predicted octanol–water partition coefficient (Wildman–Crippen LogP) is 4.40. The average Bonchev–Trinajstić information content (AvgIpc) is 3.54. The van der Waals surface area contributed by atoms with Crippen LogP contribution in [0.1, 0.15) is 40.7 Å². The quantitative estimate of drug-likeness (QED) is 0.438. The van der Waals surface area contributed by atoms with Gasteiger partial charge >= 0.3 is 0 Å². The summed E-state index contributed by atoms with van der Waals surface area (Å²) in [5, 5.41) is 8.52. The number of benzene rings is 2. The van der Waals surface area contributed by atoms with Crippen LogP contribution in [0.15, 0.2) is 59.3 Å². The zero-order valence-corrected chi connectivity index (χ0v) is 18.9. The molecule has 1 atom stereocenters. The number of likely N-dealkylation sites (tertiary alicyclic amines) is 1. The first kappa shape index (κ1) is 21.8. The van der Waals surface area contributed by atoms with Crippen LogP contribution in [0.2, 0.25) is 0 Å². The van der Waals surface area contributed by atoms with E-state index in [4.69, 9.17) is 9.26 Å². The number of ether oxygens (including phenoxy) is 1. The van der Waals surface area contributed by atoms with E-state index in [1.54, 1.807) is 41.1 Å². The topological polar surface area (TPSA) is 86.3 Å². The molecule has 0 spiro atoms. The maximum absolute atomic E-state index is 13.5. The molecule has 2 aromatic carbocycles. The van der Waals surface area contributed by atoms with Gasteiger partial charge in [0.15, 0.2) is 5.69 Å². The highest BCUT2D eigenvalue weighted by Crippen LogP contribution is 2.29. The Morgan fingerprint density at radius 2 is 2.09 bits per heavy atom. The molecule has 0 radical (unpaired) electrons. The predicted molar refractivity (Wildman–Crippen MR) is 122 cm³/mol. The molecule has 1 aliphatic heterocycles. The highest BCUT2D eigenvalue weighted by molar-refractivity contribution is 5.92. The summed E-state index contributed by atoms with van der Waals surface area (Å²) in [7, 11) is 1.61. The molecule has 0 N–H and O–H groups in total. The van der Waals surface area contributed by atoms with Crippen LogP contribution in [0.4, 0.5) is 4.39 Å². The van der Waals surface area contributed by atoms with E-state index >= 15 is 0 Å². The van der Waals surface area contributed by atoms with Crippen molar-refractivity contribution < 1.29 is 18.4 Å². The number of methoxy groups -OCH3 is 1. The minimum Gasteiger partial charge on any atom is -0.494 e. The van der Waals surface area contributed by atoms with Crippen molar-refractivity contribution in [1.82, 2.24) is 24.8 Å². The molecule has 1 unspecified atom stereocenters. The molecule has 3 heterocycles. The molecule has 0 saturated carbocycles. The standard InChI is InChI=1S/C25H24FN5O3/c1-16-8-9-22(33-2)21(13-16)31-12-10-20(28-31)25(32)30-11-4-6-18(15-30)24-27-23(29-34-24)17-5-3-7-19(26)14-17/h3,5,7-10,12-14,18H,4,6,11,15H2,1-2H3. The Hall–Kier alpha value is -4.01. The number of aromatic nitrogens is 4. The third-order valence-corrected chi connectivity index (χ3v) is 5.97. The van der Waals surface area contributed by atoms with Gasteiger partial charge in [-0.05, 0) is 55.7 Å². The SMILES string of the molecule is COc1ccc(C)cc1-n1ccc(C(=O)N2CCCC(c3nc(-c4cccc(F)c4)no3)C2)n1. The van der Waals surface area contributed by atoms with Gasteiger partial charge in [-0.1, -0.05) is 23.4 Å². The average molecular weight is 461 g/mol. The van der Waals surface area contributed by atoms with E-state index in [2.05, 4.69) is 15.2 Å². The molecule has 4 aromatic rings. The normalized spacial score (nSPS) is 16.0. The summed E-state index contributed by atoms with van der Waals surface area (Å²) in [6, 6.07) is 13.6. The van der Waals surface area contributed by atoms with Crippen LogP contribution in [-0.4, -0.2) is 50.9 Å². The van der Waals surface area contributed by atoms with Crippen molar-refractivity contribution in [2.24, 2.45) is 0 Å². The van der Waals surface area contributed by atoms with Crippen LogP contribution in [0.25, 0.3) is 17.1 Å². The van der Waals surface area contributed by atoms with Gasteiger partial charge in [0.25, 0.3) is 5.91 Å². The Kier molecular flexibility index (Phi) is 5.83. The van der Waals surface area contributed by atoms with Crippen LogP contribution < -0.4 is 4.74 Å². The van der Waals surface area contributed by atoms with Crippen LogP contribution in [0, 0.1) is 12.7 Å². The van der Waals surface area contributed by atoms with Gasteiger partial charge in [0, 0.05) is 24.8 Å². The molecule has 1 aliphatic rings. The second-order valence-electron chi connectivity index (χ2n) is 8.38. The van der Waals surface area contributed by atoms with Crippen molar-refractivity contribution >= 4 is 5.91 Å². The molecule has 34 heavy (non-hydrogen) atoms. The Labute approximate surface area is 196 Å². The highest BCUT2D eigenvalue weighted by Gasteiger charge is 2.30. The van der Waals surface area contributed by atoms with Gasteiger partial charge in [-0.3, -0.25) is 4.79 Å². The Balaban J connectivity index is 1.32. The lowest BCUT2D eigenvalue weighted by Gasteiger charge is -2.30. The van der Waals surface area contributed by atoms with Gasteiger partial charge in [0.2, 0.25) is 11.7 Å². The van der Waals surface area contributed by atoms with Crippen molar-refractivity contribution in [3.8, 4) is 22.8 Å². The maximum atomic E-state index is 13.5. The fourth-order valence-corrected chi connectivity index (χ4v) is 4.22. The van der Waals surface area contributed by atoms with E-state index in [9.17, 15) is 9.18 Å². The zero-order chi connectivity index (χ0) is 23.7. The summed E-state index contributed by atoms with van der Waals surface area (Å²) in [4.78, 5) is 19.4. The van der Waals surface area contributed by atoms with Gasteiger partial charge in [-0.15, -0.1) is 0 Å². The largest absolute Gasteiger partial charge is 0.494 e. The van der Waals surface area contributed by atoms with Crippen molar-refractivity contribution in [2.75, 3.05) is 20.2 Å². The third kappa shape index (κ3) is 4.28.